The van der Waals surface area contributed by atoms with E-state index < -0.39 is 95.7 Å². The minimum atomic E-state index is -0.997. The summed E-state index contributed by atoms with van der Waals surface area (Å²) < 4.78 is 0. The van der Waals surface area contributed by atoms with Crippen LogP contribution in [0.25, 0.3) is 0 Å². The number of hydrogen-bond donors (Lipinski definition) is 8. The summed E-state index contributed by atoms with van der Waals surface area (Å²) in [4.78, 5) is 0. The fourth-order valence-electron chi connectivity index (χ4n) is 13.7. The van der Waals surface area contributed by atoms with Crippen molar-refractivity contribution in [2.45, 2.75) is 101 Å². The van der Waals surface area contributed by atoms with Gasteiger partial charge in [-0.3, -0.25) is 42.5 Å². The van der Waals surface area contributed by atoms with E-state index in [1.165, 1.54) is 0 Å². The molecule has 9 fully saturated rings. The van der Waals surface area contributed by atoms with Crippen LogP contribution in [-0.2, 0) is 17.1 Å². The van der Waals surface area contributed by atoms with E-state index in [-0.39, 0.29) is 41.7 Å². The van der Waals surface area contributed by atoms with Crippen LogP contribution in [0, 0.1) is 185 Å². The van der Waals surface area contributed by atoms with Crippen molar-refractivity contribution in [3.05, 3.63) is 0 Å². The van der Waals surface area contributed by atoms with E-state index >= 15 is 0 Å². The molecule has 0 aromatic rings. The summed E-state index contributed by atoms with van der Waals surface area (Å²) in [5, 5.41) is 115. The molecule has 0 amide bonds. The van der Waals surface area contributed by atoms with Crippen LogP contribution in [0.1, 0.15) is 51.4 Å². The SMILES string of the molecule is N#CC1C(C#N)C(C#N)C2C3NC(NC4NC(NC5NC(NC6NC(N3)C3C(C#N)C(C#N)C(C#N)C(C#N)C63)C3CCCCC53)C3CCCCC43)C2C1C#N.[Cu]. The van der Waals surface area contributed by atoms with Crippen molar-refractivity contribution in [3.8, 4) is 48.6 Å². The van der Waals surface area contributed by atoms with Crippen LogP contribution in [0.5, 0.6) is 0 Å². The molecule has 299 valence electrons. The van der Waals surface area contributed by atoms with Gasteiger partial charge in [-0.05, 0) is 49.4 Å². The van der Waals surface area contributed by atoms with Gasteiger partial charge in [0.25, 0.3) is 0 Å². The van der Waals surface area contributed by atoms with Crippen molar-refractivity contribution in [3.63, 3.8) is 0 Å². The molecular formula is C40H48CuN16. The maximum absolute atomic E-state index is 10.7. The van der Waals surface area contributed by atoms with Crippen LogP contribution in [0.2, 0.25) is 0 Å². The average molecular weight is 816 g/mol. The van der Waals surface area contributed by atoms with Crippen LogP contribution >= 0.6 is 0 Å². The molecule has 5 saturated heterocycles. The molecule has 8 bridgehead atoms. The van der Waals surface area contributed by atoms with Gasteiger partial charge in [0.1, 0.15) is 0 Å². The molecule has 9 aliphatic rings. The molecule has 0 aromatic heterocycles. The van der Waals surface area contributed by atoms with E-state index in [1.54, 1.807) is 0 Å². The van der Waals surface area contributed by atoms with Gasteiger partial charge in [0.2, 0.25) is 0 Å². The molecule has 4 saturated carbocycles. The molecule has 16 nitrogen and oxygen atoms in total. The molecule has 57 heavy (non-hydrogen) atoms. The molecule has 5 heterocycles. The van der Waals surface area contributed by atoms with Crippen molar-refractivity contribution in [1.29, 1.82) is 42.1 Å². The minimum absolute atomic E-state index is 0. The van der Waals surface area contributed by atoms with E-state index in [4.69, 9.17) is 0 Å². The second-order valence-corrected chi connectivity index (χ2v) is 17.9. The van der Waals surface area contributed by atoms with Crippen LogP contribution in [-0.4, -0.2) is 49.3 Å². The van der Waals surface area contributed by atoms with Crippen molar-refractivity contribution in [2.75, 3.05) is 0 Å². The Morgan fingerprint density at radius 1 is 0.263 bits per heavy atom. The van der Waals surface area contributed by atoms with E-state index in [1.807, 2.05) is 0 Å². The van der Waals surface area contributed by atoms with Crippen LogP contribution in [0.4, 0.5) is 0 Å². The van der Waals surface area contributed by atoms with Gasteiger partial charge in [-0.2, -0.15) is 42.1 Å². The summed E-state index contributed by atoms with van der Waals surface area (Å²) >= 11 is 0. The molecule has 17 heteroatoms. The molecule has 9 rings (SSSR count). The number of nitriles is 8. The second-order valence-electron chi connectivity index (χ2n) is 17.9. The van der Waals surface area contributed by atoms with Crippen LogP contribution < -0.4 is 42.5 Å². The van der Waals surface area contributed by atoms with Gasteiger partial charge in [0.15, 0.2) is 0 Å². The number of hydrogen-bond acceptors (Lipinski definition) is 16. The first-order chi connectivity index (χ1) is 27.4. The van der Waals surface area contributed by atoms with Gasteiger partial charge in [-0.1, -0.05) is 25.7 Å². The first-order valence-electron chi connectivity index (χ1n) is 20.7. The number of nitrogens with zero attached hydrogens (tertiary/aromatic N) is 8. The quantitative estimate of drug-likeness (QED) is 0.155. The van der Waals surface area contributed by atoms with Crippen molar-refractivity contribution < 1.29 is 17.1 Å². The third-order valence-corrected chi connectivity index (χ3v) is 15.9. The zero-order chi connectivity index (χ0) is 38.8. The number of rotatable bonds is 0. The van der Waals surface area contributed by atoms with Crippen LogP contribution in [0.15, 0.2) is 0 Å². The van der Waals surface area contributed by atoms with Gasteiger partial charge in [-0.15, -0.1) is 0 Å². The Hall–Kier alpha value is -3.88. The molecule has 5 aliphatic heterocycles. The van der Waals surface area contributed by atoms with Crippen LogP contribution in [0.3, 0.4) is 0 Å². The molecule has 24 atom stereocenters. The Labute approximate surface area is 344 Å². The van der Waals surface area contributed by atoms with Crippen molar-refractivity contribution in [2.24, 2.45) is 94.7 Å². The normalized spacial score (nSPS) is 52.9. The van der Waals surface area contributed by atoms with Crippen molar-refractivity contribution in [1.82, 2.24) is 42.5 Å². The van der Waals surface area contributed by atoms with E-state index in [0.29, 0.717) is 23.7 Å². The van der Waals surface area contributed by atoms with E-state index in [0.717, 1.165) is 51.4 Å². The first kappa shape index (κ1) is 39.9. The Bertz CT molecular complexity index is 1770. The predicted molar refractivity (Wildman–Crippen MR) is 193 cm³/mol. The minimum Gasteiger partial charge on any atom is -0.286 e. The van der Waals surface area contributed by atoms with Gasteiger partial charge < -0.3 is 0 Å². The number of nitrogens with one attached hydrogen (secondary N) is 8. The topological polar surface area (TPSA) is 287 Å². The Kier molecular flexibility index (Phi) is 11.2. The Morgan fingerprint density at radius 3 is 0.632 bits per heavy atom. The fourth-order valence-corrected chi connectivity index (χ4v) is 13.7. The first-order valence-corrected chi connectivity index (χ1v) is 20.7. The van der Waals surface area contributed by atoms with E-state index in [2.05, 4.69) is 91.1 Å². The summed E-state index contributed by atoms with van der Waals surface area (Å²) in [6.07, 6.45) is 6.26. The third kappa shape index (κ3) is 6.13. The molecular weight excluding hydrogens is 768 g/mol. The molecule has 0 spiro atoms. The molecule has 0 aromatic carbocycles. The van der Waals surface area contributed by atoms with Gasteiger partial charge in [0.05, 0.1) is 145 Å². The van der Waals surface area contributed by atoms with Gasteiger partial charge >= 0.3 is 0 Å². The maximum atomic E-state index is 10.7. The summed E-state index contributed by atoms with van der Waals surface area (Å²) in [6, 6.07) is 18.5. The summed E-state index contributed by atoms with van der Waals surface area (Å²) in [5.74, 6) is -8.22. The molecule has 24 unspecified atom stereocenters. The zero-order valence-electron chi connectivity index (χ0n) is 31.4. The summed E-state index contributed by atoms with van der Waals surface area (Å²) in [7, 11) is 0. The maximum Gasteiger partial charge on any atom is 0.0796 e. The van der Waals surface area contributed by atoms with E-state index in [9.17, 15) is 42.1 Å². The Morgan fingerprint density at radius 2 is 0.439 bits per heavy atom. The third-order valence-electron chi connectivity index (χ3n) is 15.9. The molecule has 1 radical (unpaired) electrons. The smallest absolute Gasteiger partial charge is 0.0796 e. The number of fused-ring (bicyclic) bond motifs is 20. The average Bonchev–Trinajstić information content (AvgIpc) is 3.97. The standard InChI is InChI=1S/C40H48N16.Cu/c41-9-21-23(11-43)27(15-47)31-29(25(21)13-45)37-52-35-19-7-3-1-5-17(19)33(50-35)49-34-18-6-2-4-8-20(18)36(51-34)53-38-30-26(14-46)22(10-42)24(12-44)28(16-48)32(30)40(55-38)56-39(31)54-37;/h17-40,49-56H,1-8H2;. The second kappa shape index (κ2) is 16.0. The van der Waals surface area contributed by atoms with Gasteiger partial charge in [0, 0.05) is 40.7 Å². The van der Waals surface area contributed by atoms with Gasteiger partial charge in [-0.25, -0.2) is 0 Å². The predicted octanol–water partition coefficient (Wildman–Crippen LogP) is 0.601. The largest absolute Gasteiger partial charge is 0.286 e. The molecule has 8 N–H and O–H groups in total. The summed E-state index contributed by atoms with van der Waals surface area (Å²) in [5.41, 5.74) is 0. The summed E-state index contributed by atoms with van der Waals surface area (Å²) in [6.45, 7) is 0. The monoisotopic (exact) mass is 815 g/mol. The molecule has 4 aliphatic carbocycles. The Balaban J connectivity index is 0.00000455. The van der Waals surface area contributed by atoms with Crippen molar-refractivity contribution >= 4 is 0 Å². The fraction of sp³-hybridized carbons (Fsp3) is 0.800. The zero-order valence-corrected chi connectivity index (χ0v) is 32.3.